The summed E-state index contributed by atoms with van der Waals surface area (Å²) in [6.45, 7) is -0.132. The van der Waals surface area contributed by atoms with Gasteiger partial charge in [-0.1, -0.05) is 30.3 Å². The van der Waals surface area contributed by atoms with Gasteiger partial charge in [-0.25, -0.2) is 9.02 Å². The molecule has 0 radical (unpaired) electrons. The molecule has 1 aromatic heterocycles. The highest BCUT2D eigenvalue weighted by atomic mass is 32.2. The van der Waals surface area contributed by atoms with Crippen LogP contribution in [0.1, 0.15) is 5.56 Å². The molecular formula is C13H9FN2O4S. The Balaban J connectivity index is 1.94. The minimum absolute atomic E-state index is 0.132. The van der Waals surface area contributed by atoms with Crippen molar-refractivity contribution in [1.82, 2.24) is 10.3 Å². The van der Waals surface area contributed by atoms with E-state index in [1.165, 1.54) is 0 Å². The first-order valence-electron chi connectivity index (χ1n) is 5.92. The molecule has 0 bridgehead atoms. The molecule has 1 heterocycles. The molecule has 0 unspecified atom stereocenters. The van der Waals surface area contributed by atoms with E-state index in [1.54, 1.807) is 24.3 Å². The summed E-state index contributed by atoms with van der Waals surface area (Å²) in [7, 11) is -4.10. The van der Waals surface area contributed by atoms with Crippen LogP contribution in [0.2, 0.25) is 0 Å². The molecule has 0 spiro atoms. The fourth-order valence-electron chi connectivity index (χ4n) is 1.80. The molecule has 0 atom stereocenters. The van der Waals surface area contributed by atoms with Crippen LogP contribution < -0.4 is 0 Å². The van der Waals surface area contributed by atoms with Crippen LogP contribution in [0, 0.1) is 5.82 Å². The Kier molecular flexibility index (Phi) is 3.40. The summed E-state index contributed by atoms with van der Waals surface area (Å²) < 4.78 is 47.1. The van der Waals surface area contributed by atoms with Crippen LogP contribution in [0.15, 0.2) is 52.0 Å². The maximum Gasteiger partial charge on any atom is 0.299 e. The fraction of sp³-hybridized carbons (Fsp3) is 0.0769. The molecular weight excluding hydrogens is 299 g/mol. The average Bonchev–Trinajstić information content (AvgIpc) is 2.97. The smallest absolute Gasteiger partial charge is 0.261 e. The van der Waals surface area contributed by atoms with Crippen LogP contribution in [0.4, 0.5) is 4.39 Å². The van der Waals surface area contributed by atoms with Crippen molar-refractivity contribution in [2.24, 2.45) is 0 Å². The highest BCUT2D eigenvalue weighted by Gasteiger charge is 2.23. The van der Waals surface area contributed by atoms with Crippen LogP contribution in [-0.2, 0) is 20.9 Å². The van der Waals surface area contributed by atoms with Gasteiger partial charge in [0.2, 0.25) is 0 Å². The zero-order chi connectivity index (χ0) is 14.9. The molecule has 0 aliphatic rings. The Hall–Kier alpha value is -2.32. The Morgan fingerprint density at radius 3 is 2.52 bits per heavy atom. The van der Waals surface area contributed by atoms with E-state index in [4.69, 9.17) is 4.18 Å². The molecule has 6 nitrogen and oxygen atoms in total. The second kappa shape index (κ2) is 5.23. The van der Waals surface area contributed by atoms with Crippen molar-refractivity contribution >= 4 is 21.2 Å². The summed E-state index contributed by atoms with van der Waals surface area (Å²) in [5.74, 6) is -0.715. The van der Waals surface area contributed by atoms with Crippen molar-refractivity contribution in [2.45, 2.75) is 11.5 Å². The Labute approximate surface area is 119 Å². The third kappa shape index (κ3) is 2.63. The molecule has 0 saturated carbocycles. The zero-order valence-corrected chi connectivity index (χ0v) is 11.4. The third-order valence-electron chi connectivity index (χ3n) is 2.82. The molecule has 0 aliphatic heterocycles. The van der Waals surface area contributed by atoms with E-state index in [9.17, 15) is 12.8 Å². The van der Waals surface area contributed by atoms with Crippen molar-refractivity contribution in [3.8, 4) is 0 Å². The lowest BCUT2D eigenvalue weighted by atomic mass is 10.2. The maximum absolute atomic E-state index is 13.4. The minimum Gasteiger partial charge on any atom is -0.261 e. The van der Waals surface area contributed by atoms with Gasteiger partial charge in [0, 0.05) is 0 Å². The summed E-state index contributed by atoms with van der Waals surface area (Å²) in [5.41, 5.74) is 0.250. The summed E-state index contributed by atoms with van der Waals surface area (Å²) in [5, 5.41) is 6.75. The van der Waals surface area contributed by atoms with E-state index in [0.717, 1.165) is 12.1 Å². The van der Waals surface area contributed by atoms with Crippen LogP contribution in [-0.4, -0.2) is 18.7 Å². The van der Waals surface area contributed by atoms with Gasteiger partial charge >= 0.3 is 0 Å². The van der Waals surface area contributed by atoms with Crippen molar-refractivity contribution in [3.05, 3.63) is 53.8 Å². The molecule has 21 heavy (non-hydrogen) atoms. The number of aromatic nitrogens is 2. The molecule has 108 valence electrons. The quantitative estimate of drug-likeness (QED) is 0.688. The van der Waals surface area contributed by atoms with Gasteiger partial charge in [0.25, 0.3) is 10.1 Å². The lowest BCUT2D eigenvalue weighted by Crippen LogP contribution is -2.07. The Morgan fingerprint density at radius 2 is 1.76 bits per heavy atom. The third-order valence-corrected chi connectivity index (χ3v) is 4.12. The molecule has 0 fully saturated rings. The summed E-state index contributed by atoms with van der Waals surface area (Å²) in [6, 6.07) is 10.9. The van der Waals surface area contributed by atoms with Crippen LogP contribution in [0.25, 0.3) is 11.0 Å². The fourth-order valence-corrected chi connectivity index (χ4v) is 2.82. The van der Waals surface area contributed by atoms with Gasteiger partial charge in [-0.05, 0) is 28.0 Å². The number of halogens is 1. The lowest BCUT2D eigenvalue weighted by molar-refractivity contribution is 0.306. The molecule has 2 aromatic carbocycles. The highest BCUT2D eigenvalue weighted by Crippen LogP contribution is 2.24. The van der Waals surface area contributed by atoms with Crippen molar-refractivity contribution in [2.75, 3.05) is 0 Å². The number of benzene rings is 2. The first-order valence-corrected chi connectivity index (χ1v) is 7.33. The van der Waals surface area contributed by atoms with Crippen LogP contribution in [0.5, 0.6) is 0 Å². The normalized spacial score (nSPS) is 11.9. The predicted molar refractivity (Wildman–Crippen MR) is 70.2 cm³/mol. The minimum atomic E-state index is -4.10. The summed E-state index contributed by atoms with van der Waals surface area (Å²) >= 11 is 0. The van der Waals surface area contributed by atoms with Gasteiger partial charge in [-0.2, -0.15) is 8.42 Å². The van der Waals surface area contributed by atoms with E-state index in [0.29, 0.717) is 5.56 Å². The SMILES string of the molecule is O=S(=O)(OCc1ccccc1)c1ccc(F)c2nonc12. The number of rotatable bonds is 4. The monoisotopic (exact) mass is 308 g/mol. The standard InChI is InChI=1S/C13H9FN2O4S/c14-10-6-7-11(13-12(10)15-20-16-13)21(17,18)19-8-9-4-2-1-3-5-9/h1-7H,8H2. The van der Waals surface area contributed by atoms with Gasteiger partial charge in [-0.3, -0.25) is 4.18 Å². The van der Waals surface area contributed by atoms with E-state index in [2.05, 4.69) is 14.9 Å². The molecule has 8 heteroatoms. The second-order valence-electron chi connectivity index (χ2n) is 4.21. The van der Waals surface area contributed by atoms with Gasteiger partial charge in [0.05, 0.1) is 6.61 Å². The average molecular weight is 308 g/mol. The second-order valence-corrected chi connectivity index (χ2v) is 5.79. The lowest BCUT2D eigenvalue weighted by Gasteiger charge is -2.05. The van der Waals surface area contributed by atoms with Gasteiger partial charge in [0.1, 0.15) is 4.90 Å². The predicted octanol–water partition coefficient (Wildman–Crippen LogP) is 2.27. The number of fused-ring (bicyclic) bond motifs is 1. The molecule has 0 amide bonds. The number of hydrogen-bond donors (Lipinski definition) is 0. The summed E-state index contributed by atoms with van der Waals surface area (Å²) in [4.78, 5) is -0.281. The molecule has 0 aliphatic carbocycles. The van der Waals surface area contributed by atoms with Gasteiger partial charge in [0.15, 0.2) is 16.9 Å². The van der Waals surface area contributed by atoms with Gasteiger partial charge < -0.3 is 0 Å². The topological polar surface area (TPSA) is 82.3 Å². The van der Waals surface area contributed by atoms with Crippen molar-refractivity contribution in [3.63, 3.8) is 0 Å². The maximum atomic E-state index is 13.4. The largest absolute Gasteiger partial charge is 0.299 e. The summed E-state index contributed by atoms with van der Waals surface area (Å²) in [6.07, 6.45) is 0. The van der Waals surface area contributed by atoms with E-state index >= 15 is 0 Å². The van der Waals surface area contributed by atoms with Crippen LogP contribution in [0.3, 0.4) is 0 Å². The van der Waals surface area contributed by atoms with Crippen LogP contribution >= 0.6 is 0 Å². The van der Waals surface area contributed by atoms with Gasteiger partial charge in [-0.15, -0.1) is 0 Å². The molecule has 3 rings (SSSR count). The number of hydrogen-bond acceptors (Lipinski definition) is 6. The Morgan fingerprint density at radius 1 is 1.05 bits per heavy atom. The van der Waals surface area contributed by atoms with E-state index < -0.39 is 15.9 Å². The van der Waals surface area contributed by atoms with E-state index in [1.807, 2.05) is 6.07 Å². The molecule has 0 N–H and O–H groups in total. The molecule has 0 saturated heterocycles. The number of nitrogens with zero attached hydrogens (tertiary/aromatic N) is 2. The first kappa shape index (κ1) is 13.7. The van der Waals surface area contributed by atoms with Crippen molar-refractivity contribution in [1.29, 1.82) is 0 Å². The zero-order valence-electron chi connectivity index (χ0n) is 10.6. The van der Waals surface area contributed by atoms with Crippen molar-refractivity contribution < 1.29 is 21.6 Å². The Bertz CT molecular complexity index is 878. The van der Waals surface area contributed by atoms with E-state index in [-0.39, 0.29) is 22.5 Å². The highest BCUT2D eigenvalue weighted by molar-refractivity contribution is 7.87. The first-order chi connectivity index (χ1) is 10.1. The molecule has 3 aromatic rings.